The number of sulfonamides is 1. The highest BCUT2D eigenvalue weighted by molar-refractivity contribution is 7.89. The number of benzene rings is 1. The molecule has 0 saturated carbocycles. The summed E-state index contributed by atoms with van der Waals surface area (Å²) < 4.78 is 25.7. The van der Waals surface area contributed by atoms with Gasteiger partial charge >= 0.3 is 6.03 Å². The summed E-state index contributed by atoms with van der Waals surface area (Å²) in [6.07, 6.45) is 0. The number of hydrogen-bond acceptors (Lipinski definition) is 5. The molecule has 0 radical (unpaired) electrons. The average Bonchev–Trinajstić information content (AvgIpc) is 2.43. The molecule has 0 aliphatic heterocycles. The SMILES string of the molecule is Cc1ccc(NCC(=O)NC(=O)NC(C)(C)C)cc1S(=O)(=O)N(C)C. The Labute approximate surface area is 149 Å². The number of carbonyl (C=O) groups is 2. The molecule has 140 valence electrons. The Morgan fingerprint density at radius 1 is 1.16 bits per heavy atom. The van der Waals surface area contributed by atoms with Crippen LogP contribution in [0.3, 0.4) is 0 Å². The van der Waals surface area contributed by atoms with Crippen LogP contribution in [0.25, 0.3) is 0 Å². The number of urea groups is 1. The second-order valence-corrected chi connectivity index (χ2v) is 8.99. The van der Waals surface area contributed by atoms with Crippen LogP contribution in [0.2, 0.25) is 0 Å². The van der Waals surface area contributed by atoms with Gasteiger partial charge in [0.25, 0.3) is 0 Å². The van der Waals surface area contributed by atoms with Crippen molar-refractivity contribution in [3.8, 4) is 0 Å². The number of rotatable bonds is 5. The van der Waals surface area contributed by atoms with E-state index in [-0.39, 0.29) is 11.4 Å². The van der Waals surface area contributed by atoms with Gasteiger partial charge in [-0.15, -0.1) is 0 Å². The largest absolute Gasteiger partial charge is 0.376 e. The highest BCUT2D eigenvalue weighted by Gasteiger charge is 2.20. The highest BCUT2D eigenvalue weighted by atomic mass is 32.2. The van der Waals surface area contributed by atoms with Crippen molar-refractivity contribution < 1.29 is 18.0 Å². The van der Waals surface area contributed by atoms with Crippen molar-refractivity contribution >= 4 is 27.6 Å². The first-order chi connectivity index (χ1) is 11.3. The van der Waals surface area contributed by atoms with Crippen molar-refractivity contribution in [1.29, 1.82) is 0 Å². The van der Waals surface area contributed by atoms with Crippen LogP contribution in [-0.2, 0) is 14.8 Å². The minimum atomic E-state index is -3.58. The molecule has 3 N–H and O–H groups in total. The van der Waals surface area contributed by atoms with Crippen LogP contribution < -0.4 is 16.0 Å². The normalized spacial score (nSPS) is 12.0. The number of aryl methyl sites for hydroxylation is 1. The fourth-order valence-corrected chi connectivity index (χ4v) is 3.05. The predicted octanol–water partition coefficient (Wildman–Crippen LogP) is 1.28. The predicted molar refractivity (Wildman–Crippen MR) is 97.0 cm³/mol. The molecule has 9 heteroatoms. The molecule has 1 rings (SSSR count). The molecule has 0 unspecified atom stereocenters. The van der Waals surface area contributed by atoms with E-state index in [0.29, 0.717) is 11.3 Å². The Hall–Kier alpha value is -2.13. The van der Waals surface area contributed by atoms with Crippen LogP contribution in [0.1, 0.15) is 26.3 Å². The minimum Gasteiger partial charge on any atom is -0.376 e. The van der Waals surface area contributed by atoms with Crippen LogP contribution >= 0.6 is 0 Å². The molecule has 0 heterocycles. The van der Waals surface area contributed by atoms with Gasteiger partial charge in [-0.1, -0.05) is 6.07 Å². The Morgan fingerprint density at radius 3 is 2.28 bits per heavy atom. The highest BCUT2D eigenvalue weighted by Crippen LogP contribution is 2.22. The molecular weight excluding hydrogens is 344 g/mol. The number of amides is 3. The maximum Gasteiger partial charge on any atom is 0.321 e. The van der Waals surface area contributed by atoms with Gasteiger partial charge in [0.2, 0.25) is 15.9 Å². The van der Waals surface area contributed by atoms with Crippen molar-refractivity contribution in [2.75, 3.05) is 26.0 Å². The lowest BCUT2D eigenvalue weighted by molar-refractivity contribution is -0.118. The summed E-state index contributed by atoms with van der Waals surface area (Å²) in [6.45, 7) is 6.93. The molecule has 0 atom stereocenters. The van der Waals surface area contributed by atoms with E-state index in [1.807, 2.05) is 0 Å². The van der Waals surface area contributed by atoms with Crippen LogP contribution in [0.15, 0.2) is 23.1 Å². The molecule has 8 nitrogen and oxygen atoms in total. The number of nitrogens with one attached hydrogen (secondary N) is 3. The molecule has 1 aromatic carbocycles. The lowest BCUT2D eigenvalue weighted by atomic mass is 10.1. The fraction of sp³-hybridized carbons (Fsp3) is 0.500. The molecule has 0 spiro atoms. The zero-order valence-electron chi connectivity index (χ0n) is 15.4. The molecule has 1 aromatic rings. The summed E-state index contributed by atoms with van der Waals surface area (Å²) in [5.41, 5.74) is 0.621. The molecule has 0 saturated heterocycles. The lowest BCUT2D eigenvalue weighted by Crippen LogP contribution is -2.49. The first-order valence-corrected chi connectivity index (χ1v) is 9.16. The number of nitrogens with zero attached hydrogens (tertiary/aromatic N) is 1. The van der Waals surface area contributed by atoms with Gasteiger partial charge in [0.05, 0.1) is 11.4 Å². The molecule has 0 fully saturated rings. The molecule has 0 bridgehead atoms. The van der Waals surface area contributed by atoms with Gasteiger partial charge in [-0.25, -0.2) is 17.5 Å². The summed E-state index contributed by atoms with van der Waals surface area (Å²) in [4.78, 5) is 23.6. The fourth-order valence-electron chi connectivity index (χ4n) is 1.91. The Kier molecular flexibility index (Phi) is 6.55. The average molecular weight is 370 g/mol. The zero-order valence-corrected chi connectivity index (χ0v) is 16.2. The van der Waals surface area contributed by atoms with E-state index in [4.69, 9.17) is 0 Å². The third kappa shape index (κ3) is 6.35. The van der Waals surface area contributed by atoms with Crippen molar-refractivity contribution in [1.82, 2.24) is 14.9 Å². The van der Waals surface area contributed by atoms with E-state index >= 15 is 0 Å². The molecule has 25 heavy (non-hydrogen) atoms. The molecule has 0 aliphatic carbocycles. The topological polar surface area (TPSA) is 108 Å². The van der Waals surface area contributed by atoms with Crippen molar-refractivity contribution in [3.63, 3.8) is 0 Å². The van der Waals surface area contributed by atoms with E-state index in [1.165, 1.54) is 20.2 Å². The maximum atomic E-state index is 12.3. The second kappa shape index (κ2) is 7.83. The summed E-state index contributed by atoms with van der Waals surface area (Å²) >= 11 is 0. The third-order valence-electron chi connectivity index (χ3n) is 3.14. The molecule has 0 aliphatic rings. The Balaban J connectivity index is 2.76. The van der Waals surface area contributed by atoms with Gasteiger partial charge in [-0.3, -0.25) is 10.1 Å². The van der Waals surface area contributed by atoms with Gasteiger partial charge in [0, 0.05) is 25.3 Å². The molecule has 0 aromatic heterocycles. The van der Waals surface area contributed by atoms with Gasteiger partial charge in [-0.2, -0.15) is 0 Å². The van der Waals surface area contributed by atoms with Gasteiger partial charge in [-0.05, 0) is 45.4 Å². The summed E-state index contributed by atoms with van der Waals surface area (Å²) in [5, 5.41) is 7.63. The van der Waals surface area contributed by atoms with Crippen LogP contribution in [0, 0.1) is 6.92 Å². The number of carbonyl (C=O) groups excluding carboxylic acids is 2. The minimum absolute atomic E-state index is 0.161. The number of imide groups is 1. The first kappa shape index (κ1) is 20.9. The maximum absolute atomic E-state index is 12.3. The number of hydrogen-bond donors (Lipinski definition) is 3. The van der Waals surface area contributed by atoms with Crippen molar-refractivity contribution in [2.24, 2.45) is 0 Å². The first-order valence-electron chi connectivity index (χ1n) is 7.72. The Morgan fingerprint density at radius 2 is 1.76 bits per heavy atom. The monoisotopic (exact) mass is 370 g/mol. The van der Waals surface area contributed by atoms with Crippen LogP contribution in [-0.4, -0.2) is 50.8 Å². The van der Waals surface area contributed by atoms with Gasteiger partial charge in [0.15, 0.2) is 0 Å². The summed E-state index contributed by atoms with van der Waals surface area (Å²) in [7, 11) is -0.670. The van der Waals surface area contributed by atoms with E-state index in [2.05, 4.69) is 16.0 Å². The van der Waals surface area contributed by atoms with Crippen LogP contribution in [0.5, 0.6) is 0 Å². The van der Waals surface area contributed by atoms with Gasteiger partial charge in [0.1, 0.15) is 0 Å². The number of anilines is 1. The van der Waals surface area contributed by atoms with E-state index < -0.39 is 27.5 Å². The van der Waals surface area contributed by atoms with Crippen molar-refractivity contribution in [2.45, 2.75) is 38.1 Å². The standard InChI is InChI=1S/C16H26N4O4S/c1-11-7-8-12(9-13(11)25(23,24)20(5)6)17-10-14(21)18-15(22)19-16(2,3)4/h7-9,17H,10H2,1-6H3,(H2,18,19,21,22). The van der Waals surface area contributed by atoms with Crippen LogP contribution in [0.4, 0.5) is 10.5 Å². The van der Waals surface area contributed by atoms with Gasteiger partial charge < -0.3 is 10.6 Å². The van der Waals surface area contributed by atoms with E-state index in [0.717, 1.165) is 4.31 Å². The zero-order chi connectivity index (χ0) is 19.4. The van der Waals surface area contributed by atoms with E-state index in [1.54, 1.807) is 39.8 Å². The van der Waals surface area contributed by atoms with E-state index in [9.17, 15) is 18.0 Å². The summed E-state index contributed by atoms with van der Waals surface area (Å²) in [5.74, 6) is -0.528. The smallest absolute Gasteiger partial charge is 0.321 e. The lowest BCUT2D eigenvalue weighted by Gasteiger charge is -2.20. The third-order valence-corrected chi connectivity index (χ3v) is 5.10. The van der Waals surface area contributed by atoms with Crippen molar-refractivity contribution in [3.05, 3.63) is 23.8 Å². The Bertz CT molecular complexity index is 752. The molecular formula is C16H26N4O4S. The summed E-state index contributed by atoms with van der Waals surface area (Å²) in [6, 6.07) is 4.21. The second-order valence-electron chi connectivity index (χ2n) is 6.87. The molecule has 3 amide bonds. The quantitative estimate of drug-likeness (QED) is 0.724.